The van der Waals surface area contributed by atoms with E-state index in [-0.39, 0.29) is 0 Å². The molecule has 18 heavy (non-hydrogen) atoms. The van der Waals surface area contributed by atoms with E-state index < -0.39 is 0 Å². The predicted molar refractivity (Wildman–Crippen MR) is 86.2 cm³/mol. The summed E-state index contributed by atoms with van der Waals surface area (Å²) in [4.78, 5) is 3.30. The highest BCUT2D eigenvalue weighted by Crippen LogP contribution is 2.40. The largest absolute Gasteiger partial charge is 0.333 e. The van der Waals surface area contributed by atoms with Gasteiger partial charge in [-0.2, -0.15) is 0 Å². The highest BCUT2D eigenvalue weighted by atomic mass is 79.9. The number of likely N-dealkylation sites (tertiary alicyclic amines) is 1. The Hall–Kier alpha value is 0.100. The summed E-state index contributed by atoms with van der Waals surface area (Å²) in [7, 11) is 3.74. The van der Waals surface area contributed by atoms with Crippen LogP contribution < -0.4 is 5.73 Å². The summed E-state index contributed by atoms with van der Waals surface area (Å²) in [5, 5.41) is 0. The van der Waals surface area contributed by atoms with Crippen LogP contribution in [-0.2, 0) is 0 Å². The Kier molecular flexibility index (Phi) is 7.46. The lowest BCUT2D eigenvalue weighted by molar-refractivity contribution is 0.583. The van der Waals surface area contributed by atoms with Crippen molar-refractivity contribution in [1.29, 1.82) is 0 Å². The van der Waals surface area contributed by atoms with Crippen LogP contribution in [-0.4, -0.2) is 35.9 Å². The number of fused-ring (bicyclic) bond motifs is 1. The van der Waals surface area contributed by atoms with Crippen molar-refractivity contribution in [3.05, 3.63) is 34.8 Å². The van der Waals surface area contributed by atoms with Crippen molar-refractivity contribution in [1.82, 2.24) is 4.90 Å². The molecule has 0 amide bonds. The van der Waals surface area contributed by atoms with Crippen molar-refractivity contribution in [3.63, 3.8) is 0 Å². The van der Waals surface area contributed by atoms with E-state index in [1.165, 1.54) is 26.3 Å². The molecule has 1 heterocycles. The second kappa shape index (κ2) is 8.31. The SMILES string of the molecule is Brc1ccccc1.CN.CN1C2CCC(Br)CC21. The third-order valence-corrected chi connectivity index (χ3v) is 4.77. The first-order chi connectivity index (χ1) is 8.68. The average molecular weight is 378 g/mol. The third kappa shape index (κ3) is 5.00. The van der Waals surface area contributed by atoms with Gasteiger partial charge in [-0.05, 0) is 45.5 Å². The first-order valence-electron chi connectivity index (χ1n) is 6.33. The molecule has 4 heteroatoms. The second-order valence-corrected chi connectivity index (χ2v) is 6.72. The molecule has 1 saturated carbocycles. The second-order valence-electron chi connectivity index (χ2n) is 4.51. The van der Waals surface area contributed by atoms with Gasteiger partial charge in [0.25, 0.3) is 0 Å². The van der Waals surface area contributed by atoms with Gasteiger partial charge in [0.2, 0.25) is 0 Å². The van der Waals surface area contributed by atoms with E-state index in [1.54, 1.807) is 0 Å². The van der Waals surface area contributed by atoms with Gasteiger partial charge in [0.15, 0.2) is 0 Å². The number of nitrogens with zero attached hydrogens (tertiary/aromatic N) is 1. The van der Waals surface area contributed by atoms with Crippen LogP contribution in [0.3, 0.4) is 0 Å². The molecule has 102 valence electrons. The van der Waals surface area contributed by atoms with Gasteiger partial charge < -0.3 is 5.73 Å². The zero-order valence-corrected chi connectivity index (χ0v) is 14.2. The molecule has 0 radical (unpaired) electrons. The van der Waals surface area contributed by atoms with Crippen LogP contribution in [0.2, 0.25) is 0 Å². The summed E-state index contributed by atoms with van der Waals surface area (Å²) < 4.78 is 1.13. The molecule has 2 nitrogen and oxygen atoms in total. The van der Waals surface area contributed by atoms with Crippen molar-refractivity contribution >= 4 is 31.9 Å². The van der Waals surface area contributed by atoms with Crippen LogP contribution in [0.1, 0.15) is 19.3 Å². The Morgan fingerprint density at radius 3 is 2.11 bits per heavy atom. The van der Waals surface area contributed by atoms with E-state index in [0.29, 0.717) is 0 Å². The van der Waals surface area contributed by atoms with E-state index in [9.17, 15) is 0 Å². The van der Waals surface area contributed by atoms with Crippen LogP contribution in [0.5, 0.6) is 0 Å². The average Bonchev–Trinajstić information content (AvgIpc) is 3.04. The van der Waals surface area contributed by atoms with Gasteiger partial charge >= 0.3 is 0 Å². The molecule has 1 aliphatic carbocycles. The predicted octanol–water partition coefficient (Wildman–Crippen LogP) is 3.64. The minimum atomic E-state index is 0.809. The molecule has 2 aliphatic rings. The van der Waals surface area contributed by atoms with Crippen LogP contribution in [0, 0.1) is 0 Å². The summed E-state index contributed by atoms with van der Waals surface area (Å²) in [6, 6.07) is 11.9. The minimum Gasteiger partial charge on any atom is -0.333 e. The molecule has 0 aromatic heterocycles. The van der Waals surface area contributed by atoms with Gasteiger partial charge in [-0.1, -0.05) is 50.1 Å². The normalized spacial score (nSPS) is 32.1. The van der Waals surface area contributed by atoms with Gasteiger partial charge in [0.05, 0.1) is 0 Å². The summed E-state index contributed by atoms with van der Waals surface area (Å²) in [5.74, 6) is 0. The number of rotatable bonds is 0. The number of likely N-dealkylation sites (N-methyl/N-ethyl adjacent to an activating group) is 1. The van der Waals surface area contributed by atoms with Crippen molar-refractivity contribution in [2.75, 3.05) is 14.1 Å². The fraction of sp³-hybridized carbons (Fsp3) is 0.571. The minimum absolute atomic E-state index is 0.809. The molecule has 4 atom stereocenters. The van der Waals surface area contributed by atoms with E-state index in [0.717, 1.165) is 21.4 Å². The molecule has 1 aromatic rings. The number of alkyl halides is 1. The van der Waals surface area contributed by atoms with E-state index in [1.807, 2.05) is 30.3 Å². The number of hydrogen-bond acceptors (Lipinski definition) is 2. The van der Waals surface area contributed by atoms with Gasteiger partial charge in [0.1, 0.15) is 0 Å². The lowest BCUT2D eigenvalue weighted by Crippen LogP contribution is -2.11. The van der Waals surface area contributed by atoms with Crippen molar-refractivity contribution in [2.24, 2.45) is 5.73 Å². The van der Waals surface area contributed by atoms with Crippen molar-refractivity contribution in [2.45, 2.75) is 36.2 Å². The number of halogens is 2. The van der Waals surface area contributed by atoms with Gasteiger partial charge in [0, 0.05) is 21.4 Å². The first-order valence-corrected chi connectivity index (χ1v) is 8.03. The van der Waals surface area contributed by atoms with Crippen LogP contribution in [0.15, 0.2) is 34.8 Å². The molecule has 2 N–H and O–H groups in total. The highest BCUT2D eigenvalue weighted by Gasteiger charge is 2.47. The molecular formula is C14H22Br2N2. The summed E-state index contributed by atoms with van der Waals surface area (Å²) in [6.45, 7) is 0. The Labute approximate surface area is 127 Å². The monoisotopic (exact) mass is 376 g/mol. The smallest absolute Gasteiger partial charge is 0.0262 e. The Bertz CT molecular complexity index is 332. The molecule has 1 aromatic carbocycles. The number of nitrogens with two attached hydrogens (primary N) is 1. The van der Waals surface area contributed by atoms with Gasteiger partial charge in [-0.3, -0.25) is 4.90 Å². The fourth-order valence-corrected chi connectivity index (χ4v) is 3.29. The van der Waals surface area contributed by atoms with E-state index in [2.05, 4.69) is 49.5 Å². The summed E-state index contributed by atoms with van der Waals surface area (Å²) in [6.07, 6.45) is 4.17. The summed E-state index contributed by atoms with van der Waals surface area (Å²) >= 11 is 6.97. The molecule has 0 bridgehead atoms. The number of hydrogen-bond donors (Lipinski definition) is 1. The lowest BCUT2D eigenvalue weighted by Gasteiger charge is -2.11. The lowest BCUT2D eigenvalue weighted by atomic mass is 10.0. The zero-order valence-electron chi connectivity index (χ0n) is 11.0. The van der Waals surface area contributed by atoms with Crippen molar-refractivity contribution < 1.29 is 0 Å². The molecule has 4 unspecified atom stereocenters. The third-order valence-electron chi connectivity index (χ3n) is 3.41. The van der Waals surface area contributed by atoms with Gasteiger partial charge in [-0.25, -0.2) is 0 Å². The Balaban J connectivity index is 0.000000163. The molecule has 1 saturated heterocycles. The standard InChI is InChI=1S/C7H12BrN.C6H5Br.CH5N/c1-9-6-3-2-5(8)4-7(6)9;7-6-4-2-1-3-5-6;1-2/h5-7H,2-4H2,1H3;1-5H;2H2,1H3. The Morgan fingerprint density at radius 2 is 1.72 bits per heavy atom. The quantitative estimate of drug-likeness (QED) is 0.552. The maximum absolute atomic E-state index is 4.50. The van der Waals surface area contributed by atoms with E-state index >= 15 is 0 Å². The maximum atomic E-state index is 4.50. The molecular weight excluding hydrogens is 356 g/mol. The summed E-state index contributed by atoms with van der Waals surface area (Å²) in [5.41, 5.74) is 4.50. The fourth-order valence-electron chi connectivity index (χ4n) is 2.34. The topological polar surface area (TPSA) is 29.0 Å². The zero-order chi connectivity index (χ0) is 13.5. The first kappa shape index (κ1) is 16.2. The van der Waals surface area contributed by atoms with Crippen molar-refractivity contribution in [3.8, 4) is 0 Å². The highest BCUT2D eigenvalue weighted by molar-refractivity contribution is 9.10. The van der Waals surface area contributed by atoms with Crippen LogP contribution in [0.4, 0.5) is 0 Å². The van der Waals surface area contributed by atoms with Crippen LogP contribution in [0.25, 0.3) is 0 Å². The number of benzene rings is 1. The Morgan fingerprint density at radius 1 is 1.11 bits per heavy atom. The van der Waals surface area contributed by atoms with Gasteiger partial charge in [-0.15, -0.1) is 0 Å². The van der Waals surface area contributed by atoms with E-state index in [4.69, 9.17) is 0 Å². The maximum Gasteiger partial charge on any atom is 0.0262 e. The molecule has 3 rings (SSSR count). The molecule has 1 aliphatic heterocycles. The van der Waals surface area contributed by atoms with Crippen LogP contribution >= 0.6 is 31.9 Å². The molecule has 2 fully saturated rings. The molecule has 0 spiro atoms.